The first-order valence-corrected chi connectivity index (χ1v) is 8.91. The van der Waals surface area contributed by atoms with Crippen molar-refractivity contribution in [1.82, 2.24) is 15.1 Å². The number of rotatable bonds is 8. The first-order chi connectivity index (χ1) is 10.2. The molecule has 1 aromatic heterocycles. The van der Waals surface area contributed by atoms with Gasteiger partial charge in [-0.25, -0.2) is 0 Å². The number of amides is 1. The van der Waals surface area contributed by atoms with Crippen LogP contribution in [0.15, 0.2) is 17.5 Å². The summed E-state index contributed by atoms with van der Waals surface area (Å²) in [6.07, 6.45) is 1.96. The Balaban J connectivity index is 1.98. The molecule has 0 spiro atoms. The zero-order chi connectivity index (χ0) is 15.2. The predicted molar refractivity (Wildman–Crippen MR) is 88.4 cm³/mol. The second kappa shape index (κ2) is 7.92. The van der Waals surface area contributed by atoms with Crippen LogP contribution >= 0.6 is 11.3 Å². The van der Waals surface area contributed by atoms with Crippen LogP contribution in [0.4, 0.5) is 0 Å². The zero-order valence-electron chi connectivity index (χ0n) is 13.3. The van der Waals surface area contributed by atoms with Crippen LogP contribution in [0.1, 0.15) is 44.7 Å². The van der Waals surface area contributed by atoms with Crippen LogP contribution in [-0.4, -0.2) is 47.9 Å². The van der Waals surface area contributed by atoms with Crippen LogP contribution in [0.2, 0.25) is 0 Å². The fourth-order valence-corrected chi connectivity index (χ4v) is 3.69. The average Bonchev–Trinajstić information content (AvgIpc) is 3.12. The van der Waals surface area contributed by atoms with Crippen molar-refractivity contribution >= 4 is 17.2 Å². The lowest BCUT2D eigenvalue weighted by atomic mass is 10.2. The van der Waals surface area contributed by atoms with Crippen molar-refractivity contribution in [2.24, 2.45) is 0 Å². The van der Waals surface area contributed by atoms with Gasteiger partial charge >= 0.3 is 0 Å². The lowest BCUT2D eigenvalue weighted by molar-refractivity contribution is -0.130. The number of carbonyl (C=O) groups excluding carboxylic acids is 1. The van der Waals surface area contributed by atoms with Crippen LogP contribution in [0.5, 0.6) is 0 Å². The lowest BCUT2D eigenvalue weighted by Crippen LogP contribution is -2.34. The summed E-state index contributed by atoms with van der Waals surface area (Å²) in [4.78, 5) is 18.2. The monoisotopic (exact) mass is 309 g/mol. The fourth-order valence-electron chi connectivity index (χ4n) is 2.90. The summed E-state index contributed by atoms with van der Waals surface area (Å²) in [5.74, 6) is 0.260. The van der Waals surface area contributed by atoms with E-state index in [0.29, 0.717) is 0 Å². The average molecular weight is 309 g/mol. The standard InChI is InChI=1S/C16H27N3OS/c1-4-13-16(20)19(11-8-10-18(5-2)6-3)15(17-13)14-9-7-12-21-14/h7,9,12-13,15,17H,4-6,8,10-11H2,1-3H3. The molecule has 2 rings (SSSR count). The van der Waals surface area contributed by atoms with Gasteiger partial charge in [0.25, 0.3) is 0 Å². The number of thiophene rings is 1. The summed E-state index contributed by atoms with van der Waals surface area (Å²) in [7, 11) is 0. The van der Waals surface area contributed by atoms with Crippen molar-refractivity contribution in [3.63, 3.8) is 0 Å². The molecule has 1 fully saturated rings. The Morgan fingerprint density at radius 1 is 1.33 bits per heavy atom. The van der Waals surface area contributed by atoms with Crippen molar-refractivity contribution < 1.29 is 4.79 Å². The lowest BCUT2D eigenvalue weighted by Gasteiger charge is -2.25. The van der Waals surface area contributed by atoms with Crippen molar-refractivity contribution in [2.75, 3.05) is 26.2 Å². The van der Waals surface area contributed by atoms with Gasteiger partial charge in [-0.3, -0.25) is 10.1 Å². The largest absolute Gasteiger partial charge is 0.321 e. The molecule has 118 valence electrons. The molecule has 0 bridgehead atoms. The molecule has 2 heterocycles. The molecule has 4 nitrogen and oxygen atoms in total. The molecule has 1 N–H and O–H groups in total. The molecule has 1 saturated heterocycles. The van der Waals surface area contributed by atoms with Gasteiger partial charge in [-0.05, 0) is 43.9 Å². The molecule has 5 heteroatoms. The Kier molecular flexibility index (Phi) is 6.21. The van der Waals surface area contributed by atoms with E-state index in [-0.39, 0.29) is 18.1 Å². The van der Waals surface area contributed by atoms with Gasteiger partial charge in [0.2, 0.25) is 5.91 Å². The van der Waals surface area contributed by atoms with Crippen LogP contribution in [0.3, 0.4) is 0 Å². The van der Waals surface area contributed by atoms with Crippen LogP contribution in [0, 0.1) is 0 Å². The predicted octanol–water partition coefficient (Wildman–Crippen LogP) is 2.69. The normalized spacial score (nSPS) is 22.5. The second-order valence-corrected chi connectivity index (χ2v) is 6.44. The molecule has 0 aliphatic carbocycles. The molecule has 2 unspecified atom stereocenters. The Morgan fingerprint density at radius 3 is 2.67 bits per heavy atom. The van der Waals surface area contributed by atoms with E-state index in [1.54, 1.807) is 11.3 Å². The smallest absolute Gasteiger partial charge is 0.241 e. The number of hydrogen-bond donors (Lipinski definition) is 1. The summed E-state index contributed by atoms with van der Waals surface area (Å²) in [6.45, 7) is 10.5. The minimum atomic E-state index is -0.0226. The highest BCUT2D eigenvalue weighted by molar-refractivity contribution is 7.10. The summed E-state index contributed by atoms with van der Waals surface area (Å²) in [6, 6.07) is 4.15. The summed E-state index contributed by atoms with van der Waals surface area (Å²) < 4.78 is 0. The van der Waals surface area contributed by atoms with Crippen molar-refractivity contribution in [1.29, 1.82) is 0 Å². The molecule has 0 radical (unpaired) electrons. The van der Waals surface area contributed by atoms with Crippen LogP contribution in [0.25, 0.3) is 0 Å². The molecule has 1 aliphatic rings. The number of nitrogens with zero attached hydrogens (tertiary/aromatic N) is 2. The molecule has 0 saturated carbocycles. The minimum Gasteiger partial charge on any atom is -0.321 e. The molecule has 1 aromatic rings. The van der Waals surface area contributed by atoms with E-state index in [2.05, 4.69) is 48.5 Å². The van der Waals surface area contributed by atoms with Gasteiger partial charge in [-0.2, -0.15) is 0 Å². The highest BCUT2D eigenvalue weighted by atomic mass is 32.1. The summed E-state index contributed by atoms with van der Waals surface area (Å²) >= 11 is 1.72. The Hall–Kier alpha value is -0.910. The zero-order valence-corrected chi connectivity index (χ0v) is 14.2. The molecule has 0 aromatic carbocycles. The van der Waals surface area contributed by atoms with E-state index in [0.717, 1.165) is 39.0 Å². The fraction of sp³-hybridized carbons (Fsp3) is 0.688. The summed E-state index contributed by atoms with van der Waals surface area (Å²) in [5, 5.41) is 5.56. The molecule has 1 amide bonds. The van der Waals surface area contributed by atoms with Crippen LogP contribution < -0.4 is 5.32 Å². The maximum atomic E-state index is 12.5. The number of carbonyl (C=O) groups is 1. The summed E-state index contributed by atoms with van der Waals surface area (Å²) in [5.41, 5.74) is 0. The quantitative estimate of drug-likeness (QED) is 0.802. The number of nitrogens with one attached hydrogen (secondary N) is 1. The molecule has 1 aliphatic heterocycles. The van der Waals surface area contributed by atoms with Gasteiger partial charge < -0.3 is 9.80 Å². The molecular weight excluding hydrogens is 282 g/mol. The second-order valence-electron chi connectivity index (χ2n) is 5.46. The van der Waals surface area contributed by atoms with Gasteiger partial charge in [0.1, 0.15) is 6.17 Å². The Morgan fingerprint density at radius 2 is 2.10 bits per heavy atom. The van der Waals surface area contributed by atoms with Gasteiger partial charge in [0.05, 0.1) is 6.04 Å². The SMILES string of the molecule is CCC1NC(c2cccs2)N(CCCN(CC)CC)C1=O. The maximum Gasteiger partial charge on any atom is 0.241 e. The Bertz CT molecular complexity index is 431. The first-order valence-electron chi connectivity index (χ1n) is 8.03. The third-order valence-electron chi connectivity index (χ3n) is 4.24. The number of hydrogen-bond acceptors (Lipinski definition) is 4. The van der Waals surface area contributed by atoms with E-state index < -0.39 is 0 Å². The van der Waals surface area contributed by atoms with E-state index in [1.807, 2.05) is 4.90 Å². The topological polar surface area (TPSA) is 35.6 Å². The third kappa shape index (κ3) is 3.84. The maximum absolute atomic E-state index is 12.5. The van der Waals surface area contributed by atoms with Gasteiger partial charge in [0.15, 0.2) is 0 Å². The molecule has 2 atom stereocenters. The third-order valence-corrected chi connectivity index (χ3v) is 5.17. The molecule has 21 heavy (non-hydrogen) atoms. The van der Waals surface area contributed by atoms with Crippen molar-refractivity contribution in [2.45, 2.75) is 45.8 Å². The van der Waals surface area contributed by atoms with Crippen LogP contribution in [-0.2, 0) is 4.79 Å². The highest BCUT2D eigenvalue weighted by Crippen LogP contribution is 2.29. The van der Waals surface area contributed by atoms with Gasteiger partial charge in [-0.1, -0.05) is 26.8 Å². The van der Waals surface area contributed by atoms with Crippen molar-refractivity contribution in [3.8, 4) is 0 Å². The highest BCUT2D eigenvalue weighted by Gasteiger charge is 2.38. The minimum absolute atomic E-state index is 0.0226. The molecular formula is C16H27N3OS. The van der Waals surface area contributed by atoms with E-state index in [4.69, 9.17) is 0 Å². The Labute approximate surface area is 132 Å². The van der Waals surface area contributed by atoms with Gasteiger partial charge in [-0.15, -0.1) is 11.3 Å². The van der Waals surface area contributed by atoms with Crippen molar-refractivity contribution in [3.05, 3.63) is 22.4 Å². The van der Waals surface area contributed by atoms with E-state index >= 15 is 0 Å². The van der Waals surface area contributed by atoms with E-state index in [9.17, 15) is 4.79 Å². The van der Waals surface area contributed by atoms with Gasteiger partial charge in [0, 0.05) is 11.4 Å². The first kappa shape index (κ1) is 16.5. The van der Waals surface area contributed by atoms with E-state index in [1.165, 1.54) is 4.88 Å².